The fourth-order valence-corrected chi connectivity index (χ4v) is 3.53. The van der Waals surface area contributed by atoms with Crippen LogP contribution in [0.4, 0.5) is 0 Å². The molecule has 0 aliphatic rings. The van der Waals surface area contributed by atoms with Crippen molar-refractivity contribution in [3.05, 3.63) is 30.3 Å². The van der Waals surface area contributed by atoms with Crippen LogP contribution in [-0.2, 0) is 7.47 Å². The molecule has 0 aromatic heterocycles. The Kier molecular flexibility index (Phi) is 2.01. The molecule has 0 radical (unpaired) electrons. The van der Waals surface area contributed by atoms with Crippen LogP contribution in [0.25, 0.3) is 0 Å². The third-order valence-corrected chi connectivity index (χ3v) is 6.36. The van der Waals surface area contributed by atoms with E-state index < -0.39 is 20.9 Å². The molecule has 1 atom stereocenters. The average Bonchev–Trinajstić information content (AvgIpc) is 2.16. The van der Waals surface area contributed by atoms with Gasteiger partial charge in [-0.05, 0) is 0 Å². The van der Waals surface area contributed by atoms with E-state index >= 15 is 0 Å². The van der Waals surface area contributed by atoms with E-state index in [0.29, 0.717) is 4.35 Å². The van der Waals surface area contributed by atoms with Gasteiger partial charge in [-0.1, -0.05) is 0 Å². The van der Waals surface area contributed by atoms with Crippen molar-refractivity contribution in [3.63, 3.8) is 0 Å². The van der Waals surface area contributed by atoms with E-state index in [4.69, 9.17) is 7.84 Å². The summed E-state index contributed by atoms with van der Waals surface area (Å²) in [5.41, 5.74) is 0. The first-order chi connectivity index (χ1) is 6.87. The standard InChI is InChI=1S/C9H13AsO2/c1-3-10(11,12-2)9-7-5-4-6-8-9/h4-8H,3H2,1-2H3/i2D3. The van der Waals surface area contributed by atoms with Crippen molar-refractivity contribution < 1.29 is 11.6 Å². The van der Waals surface area contributed by atoms with E-state index in [0.717, 1.165) is 0 Å². The maximum atomic E-state index is 12.3. The van der Waals surface area contributed by atoms with Gasteiger partial charge in [-0.2, -0.15) is 0 Å². The van der Waals surface area contributed by atoms with Gasteiger partial charge >= 0.3 is 79.3 Å². The summed E-state index contributed by atoms with van der Waals surface area (Å²) in [5, 5.41) is 0.237. The molecule has 1 rings (SSSR count). The summed E-state index contributed by atoms with van der Waals surface area (Å²) in [6.07, 6.45) is 0. The van der Waals surface area contributed by atoms with Gasteiger partial charge in [0.15, 0.2) is 0 Å². The van der Waals surface area contributed by atoms with Gasteiger partial charge in [0.1, 0.15) is 0 Å². The number of benzene rings is 1. The summed E-state index contributed by atoms with van der Waals surface area (Å²) in [6.45, 7) is 1.68. The molecule has 0 fully saturated rings. The van der Waals surface area contributed by atoms with Crippen LogP contribution >= 0.6 is 0 Å². The van der Waals surface area contributed by atoms with Crippen LogP contribution in [0.15, 0.2) is 30.3 Å². The Morgan fingerprint density at radius 3 is 2.67 bits per heavy atom. The van der Waals surface area contributed by atoms with Crippen molar-refractivity contribution in [3.8, 4) is 0 Å². The Balaban J connectivity index is 3.02. The van der Waals surface area contributed by atoms with Crippen LogP contribution in [0.5, 0.6) is 0 Å². The summed E-state index contributed by atoms with van der Waals surface area (Å²) < 4.78 is 38.5. The molecule has 0 aliphatic carbocycles. The van der Waals surface area contributed by atoms with Crippen molar-refractivity contribution in [1.82, 2.24) is 0 Å². The molecule has 0 amide bonds. The predicted molar refractivity (Wildman–Crippen MR) is 50.0 cm³/mol. The van der Waals surface area contributed by atoms with Gasteiger partial charge < -0.3 is 0 Å². The van der Waals surface area contributed by atoms with Gasteiger partial charge in [0.25, 0.3) is 0 Å². The molecule has 0 saturated carbocycles. The Labute approximate surface area is 79.8 Å². The molecule has 66 valence electrons. The van der Waals surface area contributed by atoms with E-state index in [-0.39, 0.29) is 5.21 Å². The summed E-state index contributed by atoms with van der Waals surface area (Å²) in [7, 11) is -2.60. The third-order valence-electron chi connectivity index (χ3n) is 1.71. The molecule has 12 heavy (non-hydrogen) atoms. The summed E-state index contributed by atoms with van der Waals surface area (Å²) in [5.74, 6) is 0. The van der Waals surface area contributed by atoms with Gasteiger partial charge in [0.05, 0.1) is 0 Å². The first-order valence-corrected chi connectivity index (χ1v) is 7.52. The normalized spacial score (nSPS) is 20.2. The van der Waals surface area contributed by atoms with Gasteiger partial charge in [-0.3, -0.25) is 0 Å². The van der Waals surface area contributed by atoms with E-state index in [1.165, 1.54) is 0 Å². The van der Waals surface area contributed by atoms with Crippen LogP contribution in [0.3, 0.4) is 0 Å². The van der Waals surface area contributed by atoms with Crippen LogP contribution in [0.2, 0.25) is 5.21 Å². The second-order valence-corrected chi connectivity index (χ2v) is 8.04. The SMILES string of the molecule is [2H]C([2H])([2H])O[As](=O)(CC)c1ccccc1. The molecule has 3 heteroatoms. The molecule has 1 aromatic carbocycles. The van der Waals surface area contributed by atoms with Gasteiger partial charge in [-0.15, -0.1) is 0 Å². The van der Waals surface area contributed by atoms with Gasteiger partial charge in [0.2, 0.25) is 0 Å². The van der Waals surface area contributed by atoms with E-state index in [1.807, 2.05) is 0 Å². The fraction of sp³-hybridized carbons (Fsp3) is 0.333. The van der Waals surface area contributed by atoms with Crippen LogP contribution in [0.1, 0.15) is 11.0 Å². The second-order valence-electron chi connectivity index (χ2n) is 2.42. The van der Waals surface area contributed by atoms with Crippen molar-refractivity contribution in [2.24, 2.45) is 0 Å². The van der Waals surface area contributed by atoms with Crippen molar-refractivity contribution in [2.75, 3.05) is 7.04 Å². The molecule has 0 N–H and O–H groups in total. The predicted octanol–water partition coefficient (Wildman–Crippen LogP) is 1.43. The quantitative estimate of drug-likeness (QED) is 0.735. The maximum absolute atomic E-state index is 12.3. The van der Waals surface area contributed by atoms with E-state index in [9.17, 15) is 3.74 Å². The van der Waals surface area contributed by atoms with E-state index in [1.54, 1.807) is 37.3 Å². The molecular formula is C9H13AsO2. The number of hydrogen-bond acceptors (Lipinski definition) is 2. The fourth-order valence-electron chi connectivity index (χ4n) is 0.955. The Bertz CT molecular complexity index is 361. The molecular weight excluding hydrogens is 215 g/mol. The summed E-state index contributed by atoms with van der Waals surface area (Å²) in [4.78, 5) is 0. The molecule has 0 aliphatic heterocycles. The van der Waals surface area contributed by atoms with Crippen molar-refractivity contribution in [1.29, 1.82) is 0 Å². The second kappa shape index (κ2) is 3.97. The molecule has 0 spiro atoms. The van der Waals surface area contributed by atoms with Gasteiger partial charge in [0, 0.05) is 0 Å². The van der Waals surface area contributed by atoms with Crippen LogP contribution in [0, 0.1) is 0 Å². The molecule has 2 nitrogen and oxygen atoms in total. The monoisotopic (exact) mass is 231 g/mol. The number of hydrogen-bond donors (Lipinski definition) is 0. The minimum atomic E-state index is -3.92. The third kappa shape index (κ3) is 1.82. The van der Waals surface area contributed by atoms with Gasteiger partial charge in [-0.25, -0.2) is 0 Å². The minimum absolute atomic E-state index is 0.237. The molecule has 1 aromatic rings. The number of rotatable bonds is 3. The molecule has 0 saturated heterocycles. The zero-order valence-electron chi connectivity index (χ0n) is 9.86. The Hall–Kier alpha value is -0.462. The van der Waals surface area contributed by atoms with Crippen LogP contribution in [-0.4, -0.2) is 20.9 Å². The zero-order valence-corrected chi connectivity index (χ0v) is 8.73. The summed E-state index contributed by atoms with van der Waals surface area (Å²) >= 11 is -3.92. The Morgan fingerprint density at radius 1 is 1.50 bits per heavy atom. The van der Waals surface area contributed by atoms with Crippen molar-refractivity contribution >= 4 is 18.2 Å². The first kappa shape index (κ1) is 6.06. The average molecular weight is 231 g/mol. The topological polar surface area (TPSA) is 26.3 Å². The molecule has 0 heterocycles. The zero-order chi connectivity index (χ0) is 11.5. The van der Waals surface area contributed by atoms with E-state index in [2.05, 4.69) is 0 Å². The van der Waals surface area contributed by atoms with Crippen molar-refractivity contribution in [2.45, 2.75) is 12.1 Å². The first-order valence-electron chi connectivity index (χ1n) is 5.23. The molecule has 1 unspecified atom stereocenters. The van der Waals surface area contributed by atoms with Crippen LogP contribution < -0.4 is 4.35 Å². The summed E-state index contributed by atoms with van der Waals surface area (Å²) in [6, 6.07) is 8.53. The molecule has 0 bridgehead atoms. The Morgan fingerprint density at radius 2 is 2.17 bits per heavy atom.